The number of hydrogen-bond donors (Lipinski definition) is 2. The van der Waals surface area contributed by atoms with Gasteiger partial charge in [-0.15, -0.1) is 0 Å². The van der Waals surface area contributed by atoms with E-state index >= 15 is 0 Å². The molecule has 2 nitrogen and oxygen atoms in total. The Kier molecular flexibility index (Phi) is 7.10. The Morgan fingerprint density at radius 2 is 1.91 bits per heavy atom. The van der Waals surface area contributed by atoms with Crippen LogP contribution >= 0.6 is 0 Å². The summed E-state index contributed by atoms with van der Waals surface area (Å²) < 4.78 is 0. The maximum atomic E-state index is 8.61. The second-order valence-electron chi connectivity index (χ2n) is 2.44. The second-order valence-corrected chi connectivity index (χ2v) is 2.44. The van der Waals surface area contributed by atoms with Gasteiger partial charge < -0.3 is 10.2 Å². The molecule has 0 aromatic heterocycles. The minimum Gasteiger partial charge on any atom is -0.392 e. The lowest BCUT2D eigenvalue weighted by atomic mass is 10.2. The third-order valence-electron chi connectivity index (χ3n) is 1.35. The predicted octanol–water partition coefficient (Wildman–Crippen LogP) is 1.25. The van der Waals surface area contributed by atoms with Gasteiger partial charge in [-0.05, 0) is 19.8 Å². The highest BCUT2D eigenvalue weighted by atomic mass is 16.3. The van der Waals surface area contributed by atoms with Crippen LogP contribution < -0.4 is 0 Å². The van der Waals surface area contributed by atoms with Gasteiger partial charge in [-0.2, -0.15) is 0 Å². The molecule has 0 saturated carbocycles. The van der Waals surface area contributed by atoms with Crippen molar-refractivity contribution in [2.24, 2.45) is 0 Å². The first-order chi connectivity index (χ1) is 5.31. The molecule has 0 spiro atoms. The molecule has 0 unspecified atom stereocenters. The summed E-state index contributed by atoms with van der Waals surface area (Å²) in [6, 6.07) is 0. The van der Waals surface area contributed by atoms with Crippen molar-refractivity contribution in [2.75, 3.05) is 13.2 Å². The third-order valence-corrected chi connectivity index (χ3v) is 1.35. The Hall–Kier alpha value is -0.600. The monoisotopic (exact) mass is 156 g/mol. The Labute approximate surface area is 67.9 Å². The van der Waals surface area contributed by atoms with Gasteiger partial charge in [0.15, 0.2) is 0 Å². The van der Waals surface area contributed by atoms with Crippen molar-refractivity contribution in [3.8, 4) is 0 Å². The van der Waals surface area contributed by atoms with E-state index in [1.54, 1.807) is 6.08 Å². The lowest BCUT2D eigenvalue weighted by Crippen LogP contribution is -1.82. The SMILES string of the molecule is C/C(=C\CC/C=C/CO)CO. The number of allylic oxidation sites excluding steroid dienone is 2. The maximum absolute atomic E-state index is 8.61. The van der Waals surface area contributed by atoms with Crippen LogP contribution in [0.25, 0.3) is 0 Å². The molecule has 0 radical (unpaired) electrons. The first-order valence-corrected chi connectivity index (χ1v) is 3.83. The molecule has 0 bridgehead atoms. The van der Waals surface area contributed by atoms with Crippen LogP contribution in [0.1, 0.15) is 19.8 Å². The van der Waals surface area contributed by atoms with Crippen molar-refractivity contribution in [2.45, 2.75) is 19.8 Å². The lowest BCUT2D eigenvalue weighted by molar-refractivity contribution is 0.331. The topological polar surface area (TPSA) is 40.5 Å². The van der Waals surface area contributed by atoms with Crippen LogP contribution in [0.4, 0.5) is 0 Å². The largest absolute Gasteiger partial charge is 0.392 e. The highest BCUT2D eigenvalue weighted by Gasteiger charge is 1.82. The van der Waals surface area contributed by atoms with E-state index in [-0.39, 0.29) is 13.2 Å². The molecule has 0 fully saturated rings. The standard InChI is InChI=1S/C9H16O2/c1-9(8-11)6-4-2-3-5-7-10/h3,5-6,10-11H,2,4,7-8H2,1H3/b5-3+,9-6+. The zero-order valence-electron chi connectivity index (χ0n) is 6.95. The molecule has 2 N–H and O–H groups in total. The van der Waals surface area contributed by atoms with E-state index in [0.717, 1.165) is 18.4 Å². The molecule has 0 rings (SSSR count). The van der Waals surface area contributed by atoms with E-state index in [1.165, 1.54) is 0 Å². The molecule has 0 aromatic carbocycles. The average Bonchev–Trinajstić information content (AvgIpc) is 2.04. The van der Waals surface area contributed by atoms with Gasteiger partial charge in [-0.25, -0.2) is 0 Å². The van der Waals surface area contributed by atoms with Crippen LogP contribution in [0.3, 0.4) is 0 Å². The van der Waals surface area contributed by atoms with Crippen LogP contribution in [0.15, 0.2) is 23.8 Å². The lowest BCUT2D eigenvalue weighted by Gasteiger charge is -1.92. The average molecular weight is 156 g/mol. The normalized spacial score (nSPS) is 12.8. The van der Waals surface area contributed by atoms with Crippen molar-refractivity contribution in [3.63, 3.8) is 0 Å². The van der Waals surface area contributed by atoms with Gasteiger partial charge in [-0.1, -0.05) is 23.8 Å². The van der Waals surface area contributed by atoms with E-state index in [9.17, 15) is 0 Å². The van der Waals surface area contributed by atoms with Crippen molar-refractivity contribution < 1.29 is 10.2 Å². The zero-order chi connectivity index (χ0) is 8.53. The summed E-state index contributed by atoms with van der Waals surface area (Å²) in [5.74, 6) is 0. The number of hydrogen-bond acceptors (Lipinski definition) is 2. The number of aliphatic hydroxyl groups is 2. The van der Waals surface area contributed by atoms with Gasteiger partial charge in [0, 0.05) is 0 Å². The minimum absolute atomic E-state index is 0.114. The highest BCUT2D eigenvalue weighted by molar-refractivity contribution is 4.98. The van der Waals surface area contributed by atoms with Gasteiger partial charge in [0.05, 0.1) is 13.2 Å². The summed E-state index contributed by atoms with van der Waals surface area (Å²) in [5.41, 5.74) is 1.00. The fourth-order valence-electron chi connectivity index (χ4n) is 0.683. The van der Waals surface area contributed by atoms with Gasteiger partial charge in [0.25, 0.3) is 0 Å². The Balaban J connectivity index is 3.33. The quantitative estimate of drug-likeness (QED) is 0.464. The first-order valence-electron chi connectivity index (χ1n) is 3.83. The van der Waals surface area contributed by atoms with Crippen molar-refractivity contribution in [1.29, 1.82) is 0 Å². The smallest absolute Gasteiger partial charge is 0.0639 e. The molecule has 0 atom stereocenters. The summed E-state index contributed by atoms with van der Waals surface area (Å²) >= 11 is 0. The number of aliphatic hydroxyl groups excluding tert-OH is 2. The van der Waals surface area contributed by atoms with Crippen LogP contribution in [0.5, 0.6) is 0 Å². The third kappa shape index (κ3) is 7.30. The van der Waals surface area contributed by atoms with E-state index in [2.05, 4.69) is 0 Å². The summed E-state index contributed by atoms with van der Waals surface area (Å²) in [5, 5.41) is 17.0. The van der Waals surface area contributed by atoms with Gasteiger partial charge in [-0.3, -0.25) is 0 Å². The van der Waals surface area contributed by atoms with E-state index in [4.69, 9.17) is 10.2 Å². The van der Waals surface area contributed by atoms with Gasteiger partial charge >= 0.3 is 0 Å². The highest BCUT2D eigenvalue weighted by Crippen LogP contribution is 1.97. The molecule has 0 saturated heterocycles. The molecule has 0 aliphatic carbocycles. The van der Waals surface area contributed by atoms with Crippen molar-refractivity contribution in [3.05, 3.63) is 23.8 Å². The summed E-state index contributed by atoms with van der Waals surface area (Å²) in [7, 11) is 0. The van der Waals surface area contributed by atoms with Crippen molar-refractivity contribution in [1.82, 2.24) is 0 Å². The van der Waals surface area contributed by atoms with Gasteiger partial charge in [0.1, 0.15) is 0 Å². The van der Waals surface area contributed by atoms with E-state index in [0.29, 0.717) is 0 Å². The predicted molar refractivity (Wildman–Crippen MR) is 46.3 cm³/mol. The molecule has 2 heteroatoms. The summed E-state index contributed by atoms with van der Waals surface area (Å²) in [4.78, 5) is 0. The minimum atomic E-state index is 0.114. The van der Waals surface area contributed by atoms with Crippen LogP contribution in [-0.4, -0.2) is 23.4 Å². The van der Waals surface area contributed by atoms with Crippen LogP contribution in [0, 0.1) is 0 Å². The Morgan fingerprint density at radius 1 is 1.18 bits per heavy atom. The molecule has 0 heterocycles. The summed E-state index contributed by atoms with van der Waals surface area (Å²) in [6.45, 7) is 2.15. The Morgan fingerprint density at radius 3 is 2.45 bits per heavy atom. The van der Waals surface area contributed by atoms with Crippen LogP contribution in [-0.2, 0) is 0 Å². The van der Waals surface area contributed by atoms with E-state index in [1.807, 2.05) is 19.1 Å². The second kappa shape index (κ2) is 7.51. The fourth-order valence-corrected chi connectivity index (χ4v) is 0.683. The molecule has 11 heavy (non-hydrogen) atoms. The van der Waals surface area contributed by atoms with Crippen LogP contribution in [0.2, 0.25) is 0 Å². The molecule has 0 aliphatic heterocycles. The summed E-state index contributed by atoms with van der Waals surface area (Å²) in [6.07, 6.45) is 7.52. The molecule has 0 amide bonds. The number of unbranched alkanes of at least 4 members (excludes halogenated alkanes) is 1. The molecule has 0 aliphatic rings. The maximum Gasteiger partial charge on any atom is 0.0639 e. The van der Waals surface area contributed by atoms with E-state index < -0.39 is 0 Å². The molecule has 64 valence electrons. The Bertz CT molecular complexity index is 136. The molecular weight excluding hydrogens is 140 g/mol. The molecular formula is C9H16O2. The van der Waals surface area contributed by atoms with Gasteiger partial charge in [0.2, 0.25) is 0 Å². The fraction of sp³-hybridized carbons (Fsp3) is 0.556. The number of rotatable bonds is 5. The molecule has 0 aromatic rings. The first kappa shape index (κ1) is 10.4. The zero-order valence-corrected chi connectivity index (χ0v) is 6.95. The van der Waals surface area contributed by atoms with Crippen molar-refractivity contribution >= 4 is 0 Å².